The lowest BCUT2D eigenvalue weighted by molar-refractivity contribution is 0.103. The number of thiophene rings is 1. The molecule has 2 heterocycles. The van der Waals surface area contributed by atoms with Crippen molar-refractivity contribution in [2.75, 3.05) is 5.32 Å². The van der Waals surface area contributed by atoms with E-state index in [4.69, 9.17) is 0 Å². The average Bonchev–Trinajstić information content (AvgIpc) is 2.88. The zero-order valence-corrected chi connectivity index (χ0v) is 14.7. The zero-order chi connectivity index (χ0) is 17.3. The highest BCUT2D eigenvalue weighted by atomic mass is 32.1. The molecule has 5 nitrogen and oxygen atoms in total. The summed E-state index contributed by atoms with van der Waals surface area (Å²) in [6.45, 7) is 6.52. The van der Waals surface area contributed by atoms with Crippen LogP contribution in [0.5, 0.6) is 0 Å². The van der Waals surface area contributed by atoms with Crippen LogP contribution < -0.4 is 10.9 Å². The van der Waals surface area contributed by atoms with Crippen LogP contribution in [0.2, 0.25) is 0 Å². The molecule has 1 aromatic carbocycles. The van der Waals surface area contributed by atoms with Crippen molar-refractivity contribution >= 4 is 33.1 Å². The minimum atomic E-state index is -0.212. The molecule has 0 aliphatic rings. The summed E-state index contributed by atoms with van der Waals surface area (Å²) >= 11 is 1.26. The highest BCUT2D eigenvalue weighted by molar-refractivity contribution is 7.20. The Kier molecular flexibility index (Phi) is 4.49. The third-order valence-corrected chi connectivity index (χ3v) is 4.92. The Bertz CT molecular complexity index is 942. The Balaban J connectivity index is 2.01. The van der Waals surface area contributed by atoms with E-state index in [0.29, 0.717) is 33.1 Å². The summed E-state index contributed by atoms with van der Waals surface area (Å²) in [6.07, 6.45) is 1.57. The van der Waals surface area contributed by atoms with Gasteiger partial charge in [0.1, 0.15) is 4.83 Å². The van der Waals surface area contributed by atoms with Crippen LogP contribution in [-0.2, 0) is 6.54 Å². The minimum absolute atomic E-state index is 0.0822. The molecule has 0 saturated carbocycles. The second-order valence-corrected chi connectivity index (χ2v) is 7.15. The quantitative estimate of drug-likeness (QED) is 0.787. The Morgan fingerprint density at radius 2 is 2.00 bits per heavy atom. The van der Waals surface area contributed by atoms with Crippen molar-refractivity contribution in [3.05, 3.63) is 57.5 Å². The van der Waals surface area contributed by atoms with Gasteiger partial charge in [-0.15, -0.1) is 11.3 Å². The lowest BCUT2D eigenvalue weighted by atomic mass is 10.2. The van der Waals surface area contributed by atoms with E-state index >= 15 is 0 Å². The molecule has 3 aromatic rings. The monoisotopic (exact) mass is 341 g/mol. The number of nitrogens with one attached hydrogen (secondary N) is 1. The fraction of sp³-hybridized carbons (Fsp3) is 0.278. The largest absolute Gasteiger partial charge is 0.321 e. The summed E-state index contributed by atoms with van der Waals surface area (Å²) in [5.41, 5.74) is 1.34. The van der Waals surface area contributed by atoms with Gasteiger partial charge in [0.2, 0.25) is 0 Å². The standard InChI is InChI=1S/C18H19N3O2S/c1-11(2)9-21-10-19-17-14(18(21)23)12(3)15(24-17)16(22)20-13-7-5-4-6-8-13/h4-8,10-11H,9H2,1-3H3,(H,20,22). The number of benzene rings is 1. The second kappa shape index (κ2) is 6.57. The predicted octanol–water partition coefficient (Wildman–Crippen LogP) is 3.67. The summed E-state index contributed by atoms with van der Waals surface area (Å²) in [4.78, 5) is 30.7. The van der Waals surface area contributed by atoms with Crippen molar-refractivity contribution in [1.82, 2.24) is 9.55 Å². The number of hydrogen-bond donors (Lipinski definition) is 1. The van der Waals surface area contributed by atoms with Gasteiger partial charge in [0.15, 0.2) is 0 Å². The van der Waals surface area contributed by atoms with E-state index in [1.165, 1.54) is 11.3 Å². The van der Waals surface area contributed by atoms with Gasteiger partial charge in [-0.05, 0) is 30.5 Å². The Morgan fingerprint density at radius 3 is 2.67 bits per heavy atom. The van der Waals surface area contributed by atoms with Gasteiger partial charge in [-0.3, -0.25) is 14.2 Å². The molecule has 3 rings (SSSR count). The topological polar surface area (TPSA) is 64.0 Å². The van der Waals surface area contributed by atoms with Crippen molar-refractivity contribution in [2.24, 2.45) is 5.92 Å². The van der Waals surface area contributed by atoms with Crippen LogP contribution in [-0.4, -0.2) is 15.5 Å². The molecule has 0 unspecified atom stereocenters. The average molecular weight is 341 g/mol. The normalized spacial score (nSPS) is 11.2. The van der Waals surface area contributed by atoms with E-state index in [9.17, 15) is 9.59 Å². The van der Waals surface area contributed by atoms with E-state index in [1.807, 2.05) is 37.3 Å². The molecule has 2 aromatic heterocycles. The number of aryl methyl sites for hydroxylation is 1. The number of nitrogens with zero attached hydrogens (tertiary/aromatic N) is 2. The van der Waals surface area contributed by atoms with Crippen LogP contribution in [0.4, 0.5) is 5.69 Å². The van der Waals surface area contributed by atoms with Gasteiger partial charge in [-0.25, -0.2) is 4.98 Å². The van der Waals surface area contributed by atoms with Crippen LogP contribution in [0.3, 0.4) is 0 Å². The van der Waals surface area contributed by atoms with Crippen molar-refractivity contribution in [1.29, 1.82) is 0 Å². The summed E-state index contributed by atoms with van der Waals surface area (Å²) in [6, 6.07) is 9.27. The van der Waals surface area contributed by atoms with Crippen LogP contribution in [0, 0.1) is 12.8 Å². The number of aromatic nitrogens is 2. The number of hydrogen-bond acceptors (Lipinski definition) is 4. The number of carbonyl (C=O) groups excluding carboxylic acids is 1. The van der Waals surface area contributed by atoms with Gasteiger partial charge in [0.05, 0.1) is 16.6 Å². The predicted molar refractivity (Wildman–Crippen MR) is 97.9 cm³/mol. The third kappa shape index (κ3) is 3.10. The van der Waals surface area contributed by atoms with Crippen molar-refractivity contribution in [2.45, 2.75) is 27.3 Å². The van der Waals surface area contributed by atoms with Gasteiger partial charge in [-0.2, -0.15) is 0 Å². The first-order chi connectivity index (χ1) is 11.5. The van der Waals surface area contributed by atoms with E-state index in [1.54, 1.807) is 10.9 Å². The van der Waals surface area contributed by atoms with Crippen molar-refractivity contribution < 1.29 is 4.79 Å². The number of rotatable bonds is 4. The molecule has 24 heavy (non-hydrogen) atoms. The number of para-hydroxylation sites is 1. The van der Waals surface area contributed by atoms with Crippen LogP contribution in [0.1, 0.15) is 29.1 Å². The van der Waals surface area contributed by atoms with E-state index < -0.39 is 0 Å². The smallest absolute Gasteiger partial charge is 0.266 e. The van der Waals surface area contributed by atoms with Gasteiger partial charge < -0.3 is 5.32 Å². The first-order valence-corrected chi connectivity index (χ1v) is 8.64. The molecular formula is C18H19N3O2S. The second-order valence-electron chi connectivity index (χ2n) is 6.15. The number of anilines is 1. The van der Waals surface area contributed by atoms with E-state index in [0.717, 1.165) is 5.69 Å². The first-order valence-electron chi connectivity index (χ1n) is 7.82. The highest BCUT2D eigenvalue weighted by Gasteiger charge is 2.19. The number of amides is 1. The lowest BCUT2D eigenvalue weighted by Gasteiger charge is -2.07. The third-order valence-electron chi connectivity index (χ3n) is 3.72. The lowest BCUT2D eigenvalue weighted by Crippen LogP contribution is -2.22. The van der Waals surface area contributed by atoms with Crippen molar-refractivity contribution in [3.63, 3.8) is 0 Å². The van der Waals surface area contributed by atoms with E-state index in [-0.39, 0.29) is 11.5 Å². The Morgan fingerprint density at radius 1 is 1.29 bits per heavy atom. The zero-order valence-electron chi connectivity index (χ0n) is 13.9. The Labute approximate surface area is 144 Å². The van der Waals surface area contributed by atoms with Crippen LogP contribution in [0.25, 0.3) is 10.2 Å². The molecule has 0 radical (unpaired) electrons. The van der Waals surface area contributed by atoms with E-state index in [2.05, 4.69) is 24.1 Å². The van der Waals surface area contributed by atoms with Gasteiger partial charge in [-0.1, -0.05) is 32.0 Å². The molecule has 1 amide bonds. The van der Waals surface area contributed by atoms with Gasteiger partial charge in [0, 0.05) is 12.2 Å². The molecule has 0 bridgehead atoms. The molecule has 0 saturated heterocycles. The SMILES string of the molecule is Cc1c(C(=O)Nc2ccccc2)sc2ncn(CC(C)C)c(=O)c12. The van der Waals surface area contributed by atoms with Crippen LogP contribution in [0.15, 0.2) is 41.5 Å². The van der Waals surface area contributed by atoms with Crippen molar-refractivity contribution in [3.8, 4) is 0 Å². The molecule has 124 valence electrons. The maximum atomic E-state index is 12.7. The molecule has 0 fully saturated rings. The first kappa shape index (κ1) is 16.4. The molecule has 0 aliphatic carbocycles. The van der Waals surface area contributed by atoms with Gasteiger partial charge >= 0.3 is 0 Å². The molecule has 1 N–H and O–H groups in total. The maximum absolute atomic E-state index is 12.7. The van der Waals surface area contributed by atoms with Gasteiger partial charge in [0.25, 0.3) is 11.5 Å². The Hall–Kier alpha value is -2.47. The molecule has 0 aliphatic heterocycles. The summed E-state index contributed by atoms with van der Waals surface area (Å²) in [5, 5.41) is 3.40. The summed E-state index contributed by atoms with van der Waals surface area (Å²) < 4.78 is 1.62. The molecular weight excluding hydrogens is 322 g/mol. The molecule has 6 heteroatoms. The fourth-order valence-electron chi connectivity index (χ4n) is 2.61. The number of carbonyl (C=O) groups is 1. The maximum Gasteiger partial charge on any atom is 0.266 e. The molecule has 0 atom stereocenters. The minimum Gasteiger partial charge on any atom is -0.321 e. The summed E-state index contributed by atoms with van der Waals surface area (Å²) in [5.74, 6) is 0.137. The number of fused-ring (bicyclic) bond motifs is 1. The fourth-order valence-corrected chi connectivity index (χ4v) is 3.64. The highest BCUT2D eigenvalue weighted by Crippen LogP contribution is 2.27. The summed E-state index contributed by atoms with van der Waals surface area (Å²) in [7, 11) is 0. The molecule has 0 spiro atoms. The van der Waals surface area contributed by atoms with Crippen LogP contribution >= 0.6 is 11.3 Å².